The first-order chi connectivity index (χ1) is 6.91. The van der Waals surface area contributed by atoms with Crippen LogP contribution in [0.5, 0.6) is 0 Å². The van der Waals surface area contributed by atoms with Gasteiger partial charge in [-0.2, -0.15) is 0 Å². The van der Waals surface area contributed by atoms with Crippen molar-refractivity contribution in [2.24, 2.45) is 5.41 Å². The van der Waals surface area contributed by atoms with E-state index < -0.39 is 6.69 Å². The average Bonchev–Trinajstić information content (AvgIpc) is 1.95. The average molecular weight is 283 g/mol. The molecule has 1 rings (SSSR count). The molecule has 96 valence electrons. The molecule has 16 heavy (non-hydrogen) atoms. The quantitative estimate of drug-likeness (QED) is 0.517. The van der Waals surface area contributed by atoms with Crippen molar-refractivity contribution in [3.63, 3.8) is 0 Å². The Balaban J connectivity index is 2.62. The predicted octanol–water partition coefficient (Wildman–Crippen LogP) is 4.91. The van der Waals surface area contributed by atoms with Gasteiger partial charge in [0.1, 0.15) is 0 Å². The lowest BCUT2D eigenvalue weighted by Gasteiger charge is -2.49. The van der Waals surface area contributed by atoms with Crippen molar-refractivity contribution >= 4 is 28.9 Å². The second-order valence-corrected chi connectivity index (χ2v) is 14.4. The Hall–Kier alpha value is 0.757. The zero-order valence-electron chi connectivity index (χ0n) is 11.2. The predicted molar refractivity (Wildman–Crippen MR) is 74.7 cm³/mol. The Morgan fingerprint density at radius 3 is 1.94 bits per heavy atom. The van der Waals surface area contributed by atoms with Gasteiger partial charge in [0.15, 0.2) is 0 Å². The summed E-state index contributed by atoms with van der Waals surface area (Å²) in [7, 11) is 0. The number of halogens is 2. The van der Waals surface area contributed by atoms with Crippen molar-refractivity contribution in [2.45, 2.75) is 71.3 Å². The lowest BCUT2D eigenvalue weighted by molar-refractivity contribution is -0.0678. The summed E-state index contributed by atoms with van der Waals surface area (Å²) in [5.41, 5.74) is 0.557. The van der Waals surface area contributed by atoms with Gasteiger partial charge >= 0.3 is 0 Å². The molecule has 1 nitrogen and oxygen atoms in total. The summed E-state index contributed by atoms with van der Waals surface area (Å²) < 4.78 is 6.03. The molecule has 2 atom stereocenters. The van der Waals surface area contributed by atoms with Crippen molar-refractivity contribution in [3.8, 4) is 0 Å². The number of hydrogen-bond donors (Lipinski definition) is 0. The van der Waals surface area contributed by atoms with Crippen molar-refractivity contribution < 1.29 is 4.74 Å². The molecule has 1 saturated heterocycles. The molecule has 1 aliphatic rings. The van der Waals surface area contributed by atoms with E-state index in [0.29, 0.717) is 5.54 Å². The maximum atomic E-state index is 6.42. The van der Waals surface area contributed by atoms with Crippen LogP contribution in [-0.4, -0.2) is 18.4 Å². The highest BCUT2D eigenvalue weighted by Gasteiger charge is 2.56. The highest BCUT2D eigenvalue weighted by molar-refractivity contribution is 7.47. The van der Waals surface area contributed by atoms with E-state index in [1.807, 2.05) is 0 Å². The van der Waals surface area contributed by atoms with Crippen LogP contribution in [0.3, 0.4) is 0 Å². The second-order valence-electron chi connectivity index (χ2n) is 7.11. The van der Waals surface area contributed by atoms with Gasteiger partial charge in [-0.3, -0.25) is 0 Å². The first-order valence-electron chi connectivity index (χ1n) is 5.96. The van der Waals surface area contributed by atoms with E-state index in [4.69, 9.17) is 26.9 Å². The molecule has 1 heterocycles. The second kappa shape index (κ2) is 4.45. The molecule has 0 amide bonds. The first kappa shape index (κ1) is 14.8. The van der Waals surface area contributed by atoms with Gasteiger partial charge in [0.2, 0.25) is 0 Å². The van der Waals surface area contributed by atoms with Gasteiger partial charge in [-0.05, 0) is 38.7 Å². The van der Waals surface area contributed by atoms with Gasteiger partial charge in [0.25, 0.3) is 6.69 Å². The van der Waals surface area contributed by atoms with Gasteiger partial charge in [-0.25, -0.2) is 0 Å². The van der Waals surface area contributed by atoms with Crippen molar-refractivity contribution in [2.75, 3.05) is 0 Å². The lowest BCUT2D eigenvalue weighted by Crippen LogP contribution is -2.53. The van der Waals surface area contributed by atoms with E-state index in [-0.39, 0.29) is 17.1 Å². The molecule has 0 aromatic rings. The van der Waals surface area contributed by atoms with Crippen molar-refractivity contribution in [1.82, 2.24) is 0 Å². The van der Waals surface area contributed by atoms with Crippen LogP contribution in [0, 0.1) is 5.41 Å². The summed E-state index contributed by atoms with van der Waals surface area (Å²) in [6.45, 7) is 10.9. The van der Waals surface area contributed by atoms with Gasteiger partial charge in [0.05, 0.1) is 11.7 Å². The van der Waals surface area contributed by atoms with Crippen LogP contribution in [0.15, 0.2) is 0 Å². The third-order valence-electron chi connectivity index (χ3n) is 2.80. The molecule has 0 aliphatic carbocycles. The van der Waals surface area contributed by atoms with E-state index in [1.54, 1.807) is 0 Å². The molecule has 0 bridgehead atoms. The summed E-state index contributed by atoms with van der Waals surface area (Å²) in [6.07, 6.45) is 1.33. The largest absolute Gasteiger partial charge is 0.373 e. The zero-order valence-corrected chi connectivity index (χ0v) is 13.7. The fraction of sp³-hybridized carbons (Fsp3) is 1.00. The minimum atomic E-state index is -2.03. The summed E-state index contributed by atoms with van der Waals surface area (Å²) in [4.78, 5) is 0. The Labute approximate surface area is 110 Å². The highest BCUT2D eigenvalue weighted by Crippen LogP contribution is 2.55. The molecule has 0 radical (unpaired) electrons. The molecule has 1 aliphatic heterocycles. The van der Waals surface area contributed by atoms with Crippen LogP contribution < -0.4 is 0 Å². The molecular weight excluding hydrogens is 259 g/mol. The normalized spacial score (nSPS) is 30.0. The van der Waals surface area contributed by atoms with E-state index in [0.717, 1.165) is 12.5 Å². The van der Waals surface area contributed by atoms with Crippen LogP contribution in [-0.2, 0) is 4.74 Å². The molecule has 0 saturated carbocycles. The van der Waals surface area contributed by atoms with E-state index in [2.05, 4.69) is 41.5 Å². The summed E-state index contributed by atoms with van der Waals surface area (Å²) in [6, 6.07) is 0.883. The number of hydrogen-bond acceptors (Lipinski definition) is 1. The number of rotatable bonds is 2. The van der Waals surface area contributed by atoms with Gasteiger partial charge in [-0.15, -0.1) is 22.2 Å². The monoisotopic (exact) mass is 282 g/mol. The first-order valence-corrected chi connectivity index (χ1v) is 10.3. The molecule has 0 aromatic carbocycles. The van der Waals surface area contributed by atoms with Crippen LogP contribution in [0.4, 0.5) is 0 Å². The van der Waals surface area contributed by atoms with Crippen LogP contribution in [0.1, 0.15) is 48.0 Å². The Morgan fingerprint density at radius 1 is 1.12 bits per heavy atom. The topological polar surface area (TPSA) is 9.23 Å². The lowest BCUT2D eigenvalue weighted by atomic mass is 9.88. The van der Waals surface area contributed by atoms with Crippen molar-refractivity contribution in [3.05, 3.63) is 0 Å². The smallest absolute Gasteiger partial charge is 0.259 e. The van der Waals surface area contributed by atoms with E-state index in [9.17, 15) is 0 Å². The third-order valence-corrected chi connectivity index (χ3v) is 8.02. The molecular formula is C12H24Cl2OSi. The SMILES string of the molecule is CC(C)(C)C[C@@H]1[C@@H](OC(C)(C)C)C[Si]1(Cl)Cl. The van der Waals surface area contributed by atoms with Crippen LogP contribution in [0.25, 0.3) is 0 Å². The molecule has 0 spiro atoms. The number of ether oxygens (including phenoxy) is 1. The maximum absolute atomic E-state index is 6.42. The molecule has 0 unspecified atom stereocenters. The summed E-state index contributed by atoms with van der Waals surface area (Å²) in [5, 5.41) is 0. The summed E-state index contributed by atoms with van der Waals surface area (Å²) in [5.74, 6) is 0. The Morgan fingerprint density at radius 2 is 1.62 bits per heavy atom. The molecule has 0 aromatic heterocycles. The van der Waals surface area contributed by atoms with Crippen LogP contribution in [0.2, 0.25) is 11.6 Å². The van der Waals surface area contributed by atoms with Crippen molar-refractivity contribution in [1.29, 1.82) is 0 Å². The molecule has 1 fully saturated rings. The van der Waals surface area contributed by atoms with Gasteiger partial charge < -0.3 is 4.74 Å². The maximum Gasteiger partial charge on any atom is 0.259 e. The fourth-order valence-corrected chi connectivity index (χ4v) is 6.82. The Bertz CT molecular complexity index is 253. The zero-order chi connectivity index (χ0) is 12.8. The Kier molecular flexibility index (Phi) is 4.12. The highest BCUT2D eigenvalue weighted by atomic mass is 35.7. The van der Waals surface area contributed by atoms with E-state index in [1.165, 1.54) is 0 Å². The molecule has 0 N–H and O–H groups in total. The summed E-state index contributed by atoms with van der Waals surface area (Å²) >= 11 is 12.8. The van der Waals surface area contributed by atoms with Crippen LogP contribution >= 0.6 is 22.2 Å². The molecule has 4 heteroatoms. The third kappa shape index (κ3) is 4.21. The standard InChI is InChI=1S/C12H24Cl2OSi/c1-11(2,3)7-10-9(8-16(10,13)14)15-12(4,5)6/h9-10H,7-8H2,1-6H3/t9-,10+/m0/s1. The van der Waals surface area contributed by atoms with Gasteiger partial charge in [-0.1, -0.05) is 20.8 Å². The van der Waals surface area contributed by atoms with Gasteiger partial charge in [0, 0.05) is 5.54 Å². The van der Waals surface area contributed by atoms with E-state index >= 15 is 0 Å². The fourth-order valence-electron chi connectivity index (χ4n) is 2.19. The minimum Gasteiger partial charge on any atom is -0.373 e. The minimum absolute atomic E-state index is 0.0977.